The molecule has 6 heteroatoms. The highest BCUT2D eigenvalue weighted by Gasteiger charge is 2.30. The van der Waals surface area contributed by atoms with Crippen molar-refractivity contribution in [3.63, 3.8) is 0 Å². The van der Waals surface area contributed by atoms with Crippen molar-refractivity contribution in [3.05, 3.63) is 46.1 Å². The van der Waals surface area contributed by atoms with Crippen LogP contribution in [-0.2, 0) is 11.2 Å². The van der Waals surface area contributed by atoms with Crippen molar-refractivity contribution in [3.8, 4) is 0 Å². The Kier molecular flexibility index (Phi) is 4.41. The van der Waals surface area contributed by atoms with Gasteiger partial charge in [-0.1, -0.05) is 29.3 Å². The van der Waals surface area contributed by atoms with Gasteiger partial charge in [-0.25, -0.2) is 4.68 Å². The zero-order valence-electron chi connectivity index (χ0n) is 12.2. The van der Waals surface area contributed by atoms with Crippen LogP contribution in [-0.4, -0.2) is 15.7 Å². The number of hydrogen-bond acceptors (Lipinski definition) is 2. The van der Waals surface area contributed by atoms with Gasteiger partial charge in [0.2, 0.25) is 5.91 Å². The summed E-state index contributed by atoms with van der Waals surface area (Å²) in [6.07, 6.45) is 4.38. The van der Waals surface area contributed by atoms with Gasteiger partial charge in [0, 0.05) is 16.1 Å². The summed E-state index contributed by atoms with van der Waals surface area (Å²) < 4.78 is 1.89. The van der Waals surface area contributed by atoms with Crippen molar-refractivity contribution < 1.29 is 4.79 Å². The number of rotatable bonds is 5. The molecule has 1 aliphatic rings. The van der Waals surface area contributed by atoms with Gasteiger partial charge in [0.25, 0.3) is 0 Å². The fraction of sp³-hybridized carbons (Fsp3) is 0.375. The second kappa shape index (κ2) is 6.31. The number of hydrogen-bond donors (Lipinski definition) is 1. The molecule has 1 saturated carbocycles. The summed E-state index contributed by atoms with van der Waals surface area (Å²) in [5.74, 6) is 1.28. The van der Waals surface area contributed by atoms with Crippen LogP contribution in [0.3, 0.4) is 0 Å². The molecule has 0 unspecified atom stereocenters. The molecule has 2 aromatic rings. The molecule has 1 atom stereocenters. The van der Waals surface area contributed by atoms with Gasteiger partial charge in [-0.15, -0.1) is 0 Å². The monoisotopic (exact) mass is 337 g/mol. The van der Waals surface area contributed by atoms with E-state index in [9.17, 15) is 4.79 Å². The number of amides is 1. The first-order valence-electron chi connectivity index (χ1n) is 7.32. The molecule has 1 aromatic heterocycles. The molecule has 116 valence electrons. The van der Waals surface area contributed by atoms with E-state index in [1.165, 1.54) is 12.8 Å². The first kappa shape index (κ1) is 15.4. The molecule has 1 aliphatic carbocycles. The summed E-state index contributed by atoms with van der Waals surface area (Å²) in [6, 6.07) is 7.28. The van der Waals surface area contributed by atoms with E-state index in [0.29, 0.717) is 22.0 Å². The van der Waals surface area contributed by atoms with E-state index in [2.05, 4.69) is 17.3 Å². The van der Waals surface area contributed by atoms with Crippen LogP contribution in [0.1, 0.15) is 31.4 Å². The highest BCUT2D eigenvalue weighted by Crippen LogP contribution is 2.40. The molecule has 0 bridgehead atoms. The Bertz CT molecular complexity index is 694. The second-order valence-electron chi connectivity index (χ2n) is 5.70. The lowest BCUT2D eigenvalue weighted by molar-refractivity contribution is -0.115. The van der Waals surface area contributed by atoms with Crippen LogP contribution < -0.4 is 5.32 Å². The van der Waals surface area contributed by atoms with Crippen molar-refractivity contribution in [2.75, 3.05) is 5.32 Å². The maximum absolute atomic E-state index is 12.2. The maximum Gasteiger partial charge on any atom is 0.229 e. The second-order valence-corrected chi connectivity index (χ2v) is 6.54. The first-order valence-corrected chi connectivity index (χ1v) is 8.07. The van der Waals surface area contributed by atoms with E-state index < -0.39 is 0 Å². The average Bonchev–Trinajstić information content (AvgIpc) is 3.22. The molecule has 1 aromatic carbocycles. The van der Waals surface area contributed by atoms with Crippen molar-refractivity contribution in [1.82, 2.24) is 9.78 Å². The predicted octanol–water partition coefficient (Wildman–Crippen LogP) is 4.34. The number of nitrogens with one attached hydrogen (secondary N) is 1. The van der Waals surface area contributed by atoms with Gasteiger partial charge < -0.3 is 5.32 Å². The number of halogens is 2. The van der Waals surface area contributed by atoms with E-state index in [0.717, 1.165) is 11.4 Å². The lowest BCUT2D eigenvalue weighted by Crippen LogP contribution is -2.19. The molecule has 0 aliphatic heterocycles. The Balaban J connectivity index is 1.68. The molecule has 1 N–H and O–H groups in total. The number of nitrogens with zero attached hydrogens (tertiary/aromatic N) is 2. The van der Waals surface area contributed by atoms with Crippen molar-refractivity contribution in [2.45, 2.75) is 32.2 Å². The summed E-state index contributed by atoms with van der Waals surface area (Å²) in [7, 11) is 0. The van der Waals surface area contributed by atoms with Crippen LogP contribution in [0.4, 0.5) is 5.82 Å². The lowest BCUT2D eigenvalue weighted by atomic mass is 10.1. The molecule has 4 nitrogen and oxygen atoms in total. The van der Waals surface area contributed by atoms with Gasteiger partial charge in [0.15, 0.2) is 0 Å². The zero-order chi connectivity index (χ0) is 15.7. The fourth-order valence-corrected chi connectivity index (χ4v) is 3.02. The average molecular weight is 338 g/mol. The van der Waals surface area contributed by atoms with Gasteiger partial charge in [-0.2, -0.15) is 5.10 Å². The molecular weight excluding hydrogens is 321 g/mol. The number of benzene rings is 1. The molecular formula is C16H17Cl2N3O. The number of carbonyl (C=O) groups excluding carboxylic acids is 1. The summed E-state index contributed by atoms with van der Waals surface area (Å²) in [6.45, 7) is 2.14. The van der Waals surface area contributed by atoms with Gasteiger partial charge in [-0.3, -0.25) is 4.79 Å². The zero-order valence-corrected chi connectivity index (χ0v) is 13.7. The highest BCUT2D eigenvalue weighted by molar-refractivity contribution is 6.35. The Labute approximate surface area is 139 Å². The van der Waals surface area contributed by atoms with E-state index in [-0.39, 0.29) is 12.3 Å². The highest BCUT2D eigenvalue weighted by atomic mass is 35.5. The van der Waals surface area contributed by atoms with Crippen LogP contribution in [0.15, 0.2) is 30.5 Å². The SMILES string of the molecule is C[C@H](C1CC1)n1nccc1NC(=O)Cc1ccc(Cl)cc1Cl. The quantitative estimate of drug-likeness (QED) is 0.881. The molecule has 22 heavy (non-hydrogen) atoms. The van der Waals surface area contributed by atoms with Crippen LogP contribution in [0, 0.1) is 5.92 Å². The van der Waals surface area contributed by atoms with Gasteiger partial charge in [0.1, 0.15) is 5.82 Å². The first-order chi connectivity index (χ1) is 10.5. The molecule has 0 saturated heterocycles. The fourth-order valence-electron chi connectivity index (χ4n) is 2.54. The van der Waals surface area contributed by atoms with Crippen LogP contribution >= 0.6 is 23.2 Å². The normalized spacial score (nSPS) is 15.6. The summed E-state index contributed by atoms with van der Waals surface area (Å²) in [5, 5.41) is 8.30. The van der Waals surface area contributed by atoms with Crippen LogP contribution in [0.2, 0.25) is 10.0 Å². The molecule has 0 radical (unpaired) electrons. The number of carbonyl (C=O) groups is 1. The molecule has 0 spiro atoms. The number of anilines is 1. The van der Waals surface area contributed by atoms with Gasteiger partial charge >= 0.3 is 0 Å². The third-order valence-corrected chi connectivity index (χ3v) is 4.58. The van der Waals surface area contributed by atoms with E-state index in [1.54, 1.807) is 24.4 Å². The molecule has 3 rings (SSSR count). The van der Waals surface area contributed by atoms with Gasteiger partial charge in [-0.05, 0) is 43.4 Å². The summed E-state index contributed by atoms with van der Waals surface area (Å²) in [5.41, 5.74) is 0.755. The van der Waals surface area contributed by atoms with Crippen molar-refractivity contribution >= 4 is 34.9 Å². The summed E-state index contributed by atoms with van der Waals surface area (Å²) in [4.78, 5) is 12.2. The number of aromatic nitrogens is 2. The third kappa shape index (κ3) is 3.45. The van der Waals surface area contributed by atoms with Crippen molar-refractivity contribution in [1.29, 1.82) is 0 Å². The Morgan fingerprint density at radius 2 is 2.18 bits per heavy atom. The third-order valence-electron chi connectivity index (χ3n) is 3.99. The minimum Gasteiger partial charge on any atom is -0.311 e. The molecule has 1 fully saturated rings. The minimum atomic E-state index is -0.117. The predicted molar refractivity (Wildman–Crippen MR) is 88.5 cm³/mol. The van der Waals surface area contributed by atoms with Crippen molar-refractivity contribution in [2.24, 2.45) is 5.92 Å². The Morgan fingerprint density at radius 3 is 2.86 bits per heavy atom. The smallest absolute Gasteiger partial charge is 0.229 e. The van der Waals surface area contributed by atoms with Crippen LogP contribution in [0.25, 0.3) is 0 Å². The van der Waals surface area contributed by atoms with E-state index in [1.807, 2.05) is 10.7 Å². The maximum atomic E-state index is 12.2. The molecule has 1 heterocycles. The Morgan fingerprint density at radius 1 is 1.41 bits per heavy atom. The topological polar surface area (TPSA) is 46.9 Å². The largest absolute Gasteiger partial charge is 0.311 e. The standard InChI is InChI=1S/C16H17Cl2N3O/c1-10(11-2-3-11)21-15(6-7-19-21)20-16(22)8-12-4-5-13(17)9-14(12)18/h4-7,9-11H,2-3,8H2,1H3,(H,20,22)/t10-/m1/s1. The van der Waals surface area contributed by atoms with E-state index >= 15 is 0 Å². The molecule has 1 amide bonds. The van der Waals surface area contributed by atoms with Gasteiger partial charge in [0.05, 0.1) is 18.7 Å². The minimum absolute atomic E-state index is 0.117. The Hall–Kier alpha value is -1.52. The summed E-state index contributed by atoms with van der Waals surface area (Å²) >= 11 is 12.0. The van der Waals surface area contributed by atoms with Crippen LogP contribution in [0.5, 0.6) is 0 Å². The lowest BCUT2D eigenvalue weighted by Gasteiger charge is -2.15. The van der Waals surface area contributed by atoms with E-state index in [4.69, 9.17) is 23.2 Å².